The van der Waals surface area contributed by atoms with Gasteiger partial charge in [-0.3, -0.25) is 9.69 Å². The molecule has 1 fully saturated rings. The molecule has 4 rings (SSSR count). The van der Waals surface area contributed by atoms with E-state index in [2.05, 4.69) is 55.1 Å². The number of benzene rings is 2. The molecule has 2 aliphatic heterocycles. The van der Waals surface area contributed by atoms with Crippen LogP contribution in [0.4, 0.5) is 0 Å². The summed E-state index contributed by atoms with van der Waals surface area (Å²) in [6.45, 7) is 8.82. The fraction of sp³-hybridized carbons (Fsp3) is 0.500. The Kier molecular flexibility index (Phi) is 8.13. The number of phenolic OH excluding ortho intramolecular Hbond substituents is 1. The van der Waals surface area contributed by atoms with E-state index < -0.39 is 11.4 Å². The Balaban J connectivity index is 1.32. The number of piperidine rings is 1. The highest BCUT2D eigenvalue weighted by atomic mass is 31.1. The number of aliphatic carboxylic acids is 1. The van der Waals surface area contributed by atoms with E-state index in [-0.39, 0.29) is 5.85 Å². The summed E-state index contributed by atoms with van der Waals surface area (Å²) in [6.07, 6.45) is 3.97. The minimum Gasteiger partial charge on any atom is -0.508 e. The Morgan fingerprint density at radius 1 is 1.20 bits per heavy atom. The van der Waals surface area contributed by atoms with Crippen LogP contribution in [0.25, 0.3) is 0 Å². The third kappa shape index (κ3) is 6.05. The molecule has 0 saturated carbocycles. The number of carboxylic acids is 1. The van der Waals surface area contributed by atoms with Crippen molar-refractivity contribution >= 4 is 20.0 Å². The third-order valence-electron chi connectivity index (χ3n) is 7.19. The van der Waals surface area contributed by atoms with Crippen LogP contribution >= 0.6 is 8.58 Å². The minimum atomic E-state index is -0.635. The summed E-state index contributed by atoms with van der Waals surface area (Å²) >= 11 is 0. The van der Waals surface area contributed by atoms with Crippen LogP contribution in [-0.2, 0) is 22.6 Å². The molecule has 188 valence electrons. The summed E-state index contributed by atoms with van der Waals surface area (Å²) in [4.78, 5) is 19.9. The molecule has 35 heavy (non-hydrogen) atoms. The first kappa shape index (κ1) is 25.7. The van der Waals surface area contributed by atoms with Gasteiger partial charge in [0.1, 0.15) is 11.2 Å². The highest BCUT2D eigenvalue weighted by molar-refractivity contribution is 7.59. The molecular formula is C28H37N2O4P. The maximum absolute atomic E-state index is 11.8. The van der Waals surface area contributed by atoms with E-state index in [4.69, 9.17) is 4.84 Å². The second kappa shape index (κ2) is 11.1. The molecule has 2 aliphatic rings. The van der Waals surface area contributed by atoms with E-state index in [0.717, 1.165) is 73.9 Å². The summed E-state index contributed by atoms with van der Waals surface area (Å²) in [5, 5.41) is 24.5. The second-order valence-electron chi connectivity index (χ2n) is 10.4. The Labute approximate surface area is 210 Å². The maximum atomic E-state index is 11.8. The van der Waals surface area contributed by atoms with Gasteiger partial charge >= 0.3 is 5.97 Å². The molecule has 7 heteroatoms. The largest absolute Gasteiger partial charge is 0.508 e. The van der Waals surface area contributed by atoms with E-state index >= 15 is 0 Å². The highest BCUT2D eigenvalue weighted by Crippen LogP contribution is 2.45. The van der Waals surface area contributed by atoms with Crippen LogP contribution in [0.1, 0.15) is 74.6 Å². The van der Waals surface area contributed by atoms with Gasteiger partial charge in [0.25, 0.3) is 0 Å². The van der Waals surface area contributed by atoms with Gasteiger partial charge in [-0.15, -0.1) is 0 Å². The van der Waals surface area contributed by atoms with Gasteiger partial charge in [-0.2, -0.15) is 0 Å². The number of nitrogens with zero attached hydrogens (tertiary/aromatic N) is 2. The van der Waals surface area contributed by atoms with Gasteiger partial charge in [0.2, 0.25) is 0 Å². The van der Waals surface area contributed by atoms with Crippen molar-refractivity contribution in [1.29, 1.82) is 0 Å². The average Bonchev–Trinajstić information content (AvgIpc) is 3.32. The molecule has 0 radical (unpaired) electrons. The molecule has 0 aromatic heterocycles. The summed E-state index contributed by atoms with van der Waals surface area (Å²) < 4.78 is 0. The van der Waals surface area contributed by atoms with Crippen molar-refractivity contribution in [1.82, 2.24) is 4.90 Å². The van der Waals surface area contributed by atoms with Gasteiger partial charge in [0.05, 0.1) is 5.41 Å². The molecule has 6 nitrogen and oxygen atoms in total. The Morgan fingerprint density at radius 3 is 2.51 bits per heavy atom. The Morgan fingerprint density at radius 2 is 1.91 bits per heavy atom. The number of carbonyl (C=O) groups is 1. The molecule has 2 N–H and O–H groups in total. The topological polar surface area (TPSA) is 82.4 Å². The lowest BCUT2D eigenvalue weighted by atomic mass is 9.75. The van der Waals surface area contributed by atoms with Crippen molar-refractivity contribution in [3.05, 3.63) is 64.7 Å². The van der Waals surface area contributed by atoms with Crippen molar-refractivity contribution in [3.8, 4) is 5.75 Å². The van der Waals surface area contributed by atoms with Crippen molar-refractivity contribution in [2.75, 3.05) is 13.1 Å². The first-order chi connectivity index (χ1) is 16.8. The Bertz CT molecular complexity index is 1060. The van der Waals surface area contributed by atoms with E-state index in [9.17, 15) is 15.0 Å². The number of rotatable bonds is 9. The standard InChI is InChI=1S/C28H37N2O4P/c1-4-11-28(27(32)33)12-14-30(15-13-28)18-20-5-7-21(8-6-20)25-29-34-26(35-25)23-10-9-22(16-19(2)3)24(31)17-23/h5-10,17,19,26,31,35H,4,11-16,18H2,1-3H3,(H,32,33). The summed E-state index contributed by atoms with van der Waals surface area (Å²) in [6, 6.07) is 14.3. The lowest BCUT2D eigenvalue weighted by molar-refractivity contribution is -0.152. The molecule has 0 spiro atoms. The molecule has 0 amide bonds. The predicted octanol–water partition coefficient (Wildman–Crippen LogP) is 6.13. The molecular weight excluding hydrogens is 459 g/mol. The second-order valence-corrected chi connectivity index (χ2v) is 11.7. The minimum absolute atomic E-state index is 0.158. The van der Waals surface area contributed by atoms with Crippen LogP contribution < -0.4 is 0 Å². The summed E-state index contributed by atoms with van der Waals surface area (Å²) in [7, 11) is 0.378. The fourth-order valence-corrected chi connectivity index (χ4v) is 6.27. The quantitative estimate of drug-likeness (QED) is 0.408. The van der Waals surface area contributed by atoms with Crippen LogP contribution in [-0.4, -0.2) is 39.6 Å². The van der Waals surface area contributed by atoms with Gasteiger partial charge in [-0.25, -0.2) is 0 Å². The zero-order chi connectivity index (χ0) is 25.0. The SMILES string of the molecule is CCCC1(C(=O)O)CCN(Cc2ccc(C3=NOC(c4ccc(CC(C)C)c(O)c4)P3)cc2)CC1. The first-order valence-corrected chi connectivity index (χ1v) is 13.7. The van der Waals surface area contributed by atoms with Crippen LogP contribution in [0, 0.1) is 11.3 Å². The lowest BCUT2D eigenvalue weighted by Gasteiger charge is -2.38. The molecule has 2 aromatic rings. The zero-order valence-electron chi connectivity index (χ0n) is 21.0. The normalized spacial score (nSPS) is 20.7. The molecule has 2 unspecified atom stereocenters. The van der Waals surface area contributed by atoms with Crippen LogP contribution in [0.15, 0.2) is 47.6 Å². The lowest BCUT2D eigenvalue weighted by Crippen LogP contribution is -2.44. The molecule has 2 aromatic carbocycles. The van der Waals surface area contributed by atoms with Gasteiger partial charge in [0, 0.05) is 17.7 Å². The average molecular weight is 497 g/mol. The van der Waals surface area contributed by atoms with Gasteiger partial charge in [0.15, 0.2) is 5.85 Å². The smallest absolute Gasteiger partial charge is 0.309 e. The van der Waals surface area contributed by atoms with Crippen molar-refractivity contribution < 1.29 is 19.8 Å². The number of hydrogen-bond acceptors (Lipinski definition) is 5. The molecule has 2 heterocycles. The van der Waals surface area contributed by atoms with E-state index in [1.807, 2.05) is 18.2 Å². The molecule has 0 aliphatic carbocycles. The molecule has 1 saturated heterocycles. The van der Waals surface area contributed by atoms with E-state index in [0.29, 0.717) is 20.2 Å². The third-order valence-corrected chi connectivity index (χ3v) is 8.54. The number of likely N-dealkylation sites (tertiary alicyclic amines) is 1. The molecule has 0 bridgehead atoms. The number of aromatic hydroxyl groups is 1. The first-order valence-electron chi connectivity index (χ1n) is 12.7. The number of hydrogen-bond donors (Lipinski definition) is 2. The maximum Gasteiger partial charge on any atom is 0.309 e. The van der Waals surface area contributed by atoms with Gasteiger partial charge in [-0.1, -0.05) is 68.7 Å². The van der Waals surface area contributed by atoms with Gasteiger partial charge < -0.3 is 15.1 Å². The monoisotopic (exact) mass is 496 g/mol. The van der Waals surface area contributed by atoms with Crippen molar-refractivity contribution in [2.45, 2.75) is 65.3 Å². The predicted molar refractivity (Wildman–Crippen MR) is 141 cm³/mol. The number of oxime groups is 1. The van der Waals surface area contributed by atoms with Crippen LogP contribution in [0.3, 0.4) is 0 Å². The van der Waals surface area contributed by atoms with E-state index in [1.165, 1.54) is 5.56 Å². The van der Waals surface area contributed by atoms with Crippen LogP contribution in [0.2, 0.25) is 0 Å². The zero-order valence-corrected chi connectivity index (χ0v) is 22.0. The van der Waals surface area contributed by atoms with Gasteiger partial charge in [-0.05, 0) is 70.5 Å². The van der Waals surface area contributed by atoms with Crippen molar-refractivity contribution in [2.24, 2.45) is 16.5 Å². The fourth-order valence-electron chi connectivity index (χ4n) is 5.13. The number of phenols is 1. The van der Waals surface area contributed by atoms with E-state index in [1.54, 1.807) is 0 Å². The summed E-state index contributed by atoms with van der Waals surface area (Å²) in [5.41, 5.74) is 4.59. The highest BCUT2D eigenvalue weighted by Gasteiger charge is 2.40. The number of carboxylic acid groups (broad SMARTS) is 1. The van der Waals surface area contributed by atoms with Crippen LogP contribution in [0.5, 0.6) is 5.75 Å². The summed E-state index contributed by atoms with van der Waals surface area (Å²) in [5.74, 6) is 0.0253. The van der Waals surface area contributed by atoms with Crippen molar-refractivity contribution in [3.63, 3.8) is 0 Å². The molecule has 2 atom stereocenters. The Hall–Kier alpha value is -2.43.